The molecule has 0 aromatic heterocycles. The maximum Gasteiger partial charge on any atom is 0.126 e. The standard InChI is InChI=1S/C25H38O4Si/c1-24(2,3)17-15-20(23(29-9)21(22(17)26)25(4,5)6)30(10,11)19-14-16(27-7)12-13-18(19)28-8/h12-15,26H,1-11H3. The van der Waals surface area contributed by atoms with E-state index in [1.807, 2.05) is 12.1 Å². The third-order valence-electron chi connectivity index (χ3n) is 5.77. The third-order valence-corrected chi connectivity index (χ3v) is 9.22. The quantitative estimate of drug-likeness (QED) is 0.690. The Hall–Kier alpha value is -2.14. The van der Waals surface area contributed by atoms with E-state index >= 15 is 0 Å². The molecular weight excluding hydrogens is 392 g/mol. The van der Waals surface area contributed by atoms with Crippen LogP contribution in [0, 0.1) is 0 Å². The van der Waals surface area contributed by atoms with E-state index in [4.69, 9.17) is 14.2 Å². The molecule has 2 rings (SSSR count). The van der Waals surface area contributed by atoms with Crippen molar-refractivity contribution in [3.8, 4) is 23.0 Å². The van der Waals surface area contributed by atoms with Crippen LogP contribution in [-0.4, -0.2) is 34.5 Å². The van der Waals surface area contributed by atoms with Gasteiger partial charge in [0.25, 0.3) is 0 Å². The largest absolute Gasteiger partial charge is 0.507 e. The Morgan fingerprint density at radius 2 is 1.37 bits per heavy atom. The van der Waals surface area contributed by atoms with Crippen LogP contribution >= 0.6 is 0 Å². The molecule has 0 radical (unpaired) electrons. The molecule has 0 amide bonds. The van der Waals surface area contributed by atoms with Gasteiger partial charge in [0.15, 0.2) is 0 Å². The lowest BCUT2D eigenvalue weighted by atomic mass is 9.79. The number of methoxy groups -OCH3 is 3. The van der Waals surface area contributed by atoms with E-state index in [1.165, 1.54) is 0 Å². The second kappa shape index (κ2) is 8.18. The molecule has 4 nitrogen and oxygen atoms in total. The van der Waals surface area contributed by atoms with Crippen LogP contribution in [0.4, 0.5) is 0 Å². The second-order valence-corrected chi connectivity index (χ2v) is 14.7. The summed E-state index contributed by atoms with van der Waals surface area (Å²) in [4.78, 5) is 0. The van der Waals surface area contributed by atoms with Crippen molar-refractivity contribution in [3.05, 3.63) is 35.4 Å². The van der Waals surface area contributed by atoms with Gasteiger partial charge in [-0.1, -0.05) is 60.7 Å². The number of phenolic OH excluding ortho intramolecular Hbond substituents is 1. The van der Waals surface area contributed by atoms with Crippen LogP contribution in [0.5, 0.6) is 23.0 Å². The summed E-state index contributed by atoms with van der Waals surface area (Å²) < 4.78 is 17.2. The van der Waals surface area contributed by atoms with Crippen LogP contribution in [0.25, 0.3) is 0 Å². The summed E-state index contributed by atoms with van der Waals surface area (Å²) in [5.41, 5.74) is 1.29. The highest BCUT2D eigenvalue weighted by atomic mass is 28.3. The van der Waals surface area contributed by atoms with Crippen molar-refractivity contribution in [2.24, 2.45) is 0 Å². The van der Waals surface area contributed by atoms with Gasteiger partial charge in [0.1, 0.15) is 31.1 Å². The summed E-state index contributed by atoms with van der Waals surface area (Å²) in [7, 11) is 2.75. The van der Waals surface area contributed by atoms with Crippen molar-refractivity contribution in [1.82, 2.24) is 0 Å². The summed E-state index contributed by atoms with van der Waals surface area (Å²) in [6, 6.07) is 8.10. The van der Waals surface area contributed by atoms with Gasteiger partial charge in [-0.2, -0.15) is 0 Å². The SMILES string of the molecule is COc1ccc(OC)c([Si](C)(C)c2cc(C(C)(C)C)c(O)c(C(C)(C)C)c2OC)c1. The molecule has 0 saturated carbocycles. The van der Waals surface area contributed by atoms with Crippen LogP contribution in [0.1, 0.15) is 52.7 Å². The molecule has 5 heteroatoms. The number of ether oxygens (including phenoxy) is 3. The third kappa shape index (κ3) is 4.31. The van der Waals surface area contributed by atoms with Gasteiger partial charge in [-0.05, 0) is 45.0 Å². The molecule has 30 heavy (non-hydrogen) atoms. The molecule has 0 spiro atoms. The zero-order valence-corrected chi connectivity index (χ0v) is 21.5. The zero-order valence-electron chi connectivity index (χ0n) is 20.5. The molecule has 166 valence electrons. The zero-order chi connectivity index (χ0) is 23.1. The normalized spacial score (nSPS) is 12.6. The molecule has 0 saturated heterocycles. The molecule has 0 heterocycles. The molecule has 0 aliphatic rings. The molecule has 0 fully saturated rings. The molecule has 0 unspecified atom stereocenters. The minimum absolute atomic E-state index is 0.214. The highest BCUT2D eigenvalue weighted by Crippen LogP contribution is 2.44. The molecule has 2 aromatic rings. The summed E-state index contributed by atoms with van der Waals surface area (Å²) in [6.07, 6.45) is 0. The van der Waals surface area contributed by atoms with Crippen molar-refractivity contribution in [3.63, 3.8) is 0 Å². The fraction of sp³-hybridized carbons (Fsp3) is 0.520. The van der Waals surface area contributed by atoms with E-state index in [2.05, 4.69) is 66.8 Å². The minimum atomic E-state index is -2.32. The minimum Gasteiger partial charge on any atom is -0.507 e. The number of benzene rings is 2. The van der Waals surface area contributed by atoms with Crippen molar-refractivity contribution in [2.45, 2.75) is 65.5 Å². The summed E-state index contributed by atoms with van der Waals surface area (Å²) in [5, 5.41) is 13.6. The lowest BCUT2D eigenvalue weighted by molar-refractivity contribution is 0.377. The first kappa shape index (κ1) is 24.1. The smallest absolute Gasteiger partial charge is 0.126 e. The Bertz CT molecular complexity index is 918. The summed E-state index contributed by atoms with van der Waals surface area (Å²) in [5.74, 6) is 2.75. The summed E-state index contributed by atoms with van der Waals surface area (Å²) in [6.45, 7) is 17.3. The van der Waals surface area contributed by atoms with Gasteiger partial charge in [0.2, 0.25) is 0 Å². The van der Waals surface area contributed by atoms with Gasteiger partial charge in [-0.25, -0.2) is 0 Å². The van der Waals surface area contributed by atoms with Crippen LogP contribution in [-0.2, 0) is 10.8 Å². The van der Waals surface area contributed by atoms with E-state index in [0.717, 1.165) is 38.7 Å². The summed E-state index contributed by atoms with van der Waals surface area (Å²) >= 11 is 0. The number of rotatable bonds is 5. The van der Waals surface area contributed by atoms with Gasteiger partial charge in [-0.15, -0.1) is 0 Å². The highest BCUT2D eigenvalue weighted by Gasteiger charge is 2.39. The van der Waals surface area contributed by atoms with E-state index in [1.54, 1.807) is 21.3 Å². The Kier molecular flexibility index (Phi) is 6.58. The Morgan fingerprint density at radius 1 is 0.767 bits per heavy atom. The van der Waals surface area contributed by atoms with E-state index < -0.39 is 8.07 Å². The first-order chi connectivity index (χ1) is 13.7. The lowest BCUT2D eigenvalue weighted by Gasteiger charge is -2.35. The van der Waals surface area contributed by atoms with Crippen LogP contribution in [0.15, 0.2) is 24.3 Å². The number of aromatic hydroxyl groups is 1. The van der Waals surface area contributed by atoms with Crippen molar-refractivity contribution in [1.29, 1.82) is 0 Å². The van der Waals surface area contributed by atoms with Gasteiger partial charge in [0.05, 0.1) is 21.3 Å². The predicted octanol–water partition coefficient (Wildman–Crippen LogP) is 4.84. The van der Waals surface area contributed by atoms with Gasteiger partial charge in [0, 0.05) is 5.56 Å². The fourth-order valence-electron chi connectivity index (χ4n) is 4.05. The van der Waals surface area contributed by atoms with Gasteiger partial charge >= 0.3 is 0 Å². The van der Waals surface area contributed by atoms with Crippen molar-refractivity contribution < 1.29 is 19.3 Å². The molecule has 0 aliphatic heterocycles. The fourth-order valence-corrected chi connectivity index (χ4v) is 6.94. The average molecular weight is 431 g/mol. The Labute approximate surface area is 183 Å². The van der Waals surface area contributed by atoms with Gasteiger partial charge < -0.3 is 19.3 Å². The average Bonchev–Trinajstić information content (AvgIpc) is 2.64. The van der Waals surface area contributed by atoms with Crippen LogP contribution in [0.3, 0.4) is 0 Å². The highest BCUT2D eigenvalue weighted by molar-refractivity contribution is 7.01. The molecule has 0 bridgehead atoms. The molecule has 2 aromatic carbocycles. The van der Waals surface area contributed by atoms with Gasteiger partial charge in [-0.3, -0.25) is 0 Å². The lowest BCUT2D eigenvalue weighted by Crippen LogP contribution is -2.54. The number of hydrogen-bond acceptors (Lipinski definition) is 4. The van der Waals surface area contributed by atoms with Crippen molar-refractivity contribution in [2.75, 3.05) is 21.3 Å². The molecule has 1 N–H and O–H groups in total. The number of hydrogen-bond donors (Lipinski definition) is 1. The predicted molar refractivity (Wildman–Crippen MR) is 128 cm³/mol. The molecular formula is C25H38O4Si. The van der Waals surface area contributed by atoms with E-state index in [9.17, 15) is 5.11 Å². The molecule has 0 aliphatic carbocycles. The second-order valence-electron chi connectivity index (χ2n) is 10.4. The first-order valence-corrected chi connectivity index (χ1v) is 13.4. The van der Waals surface area contributed by atoms with E-state index in [0.29, 0.717) is 5.75 Å². The first-order valence-electron chi connectivity index (χ1n) is 10.4. The van der Waals surface area contributed by atoms with Crippen molar-refractivity contribution >= 4 is 18.4 Å². The maximum absolute atomic E-state index is 11.3. The van der Waals surface area contributed by atoms with E-state index in [-0.39, 0.29) is 10.8 Å². The molecule has 0 atom stereocenters. The van der Waals surface area contributed by atoms with Crippen LogP contribution < -0.4 is 24.6 Å². The van der Waals surface area contributed by atoms with Crippen LogP contribution in [0.2, 0.25) is 13.1 Å². The topological polar surface area (TPSA) is 47.9 Å². The Morgan fingerprint density at radius 3 is 1.80 bits per heavy atom. The Balaban J connectivity index is 2.99. The monoisotopic (exact) mass is 430 g/mol. The maximum atomic E-state index is 11.3. The number of phenols is 1.